The average molecular weight is 385 g/mol. The van der Waals surface area contributed by atoms with Gasteiger partial charge in [0.1, 0.15) is 5.75 Å². The number of halogens is 4. The third kappa shape index (κ3) is 3.91. The zero-order chi connectivity index (χ0) is 18.9. The molecule has 0 bridgehead atoms. The first kappa shape index (κ1) is 18.1. The first-order valence-electron chi connectivity index (χ1n) is 7.36. The van der Waals surface area contributed by atoms with Crippen molar-refractivity contribution < 1.29 is 27.4 Å². The number of alkyl halides is 3. The molecule has 0 atom stereocenters. The van der Waals surface area contributed by atoms with E-state index in [-0.39, 0.29) is 11.4 Å². The molecule has 0 fully saturated rings. The molecule has 0 amide bonds. The molecule has 9 heteroatoms. The normalized spacial score (nSPS) is 11.6. The maximum absolute atomic E-state index is 12.4. The van der Waals surface area contributed by atoms with Gasteiger partial charge in [-0.15, -0.1) is 13.2 Å². The predicted octanol–water partition coefficient (Wildman–Crippen LogP) is 4.49. The van der Waals surface area contributed by atoms with Gasteiger partial charge in [0.05, 0.1) is 28.7 Å². The van der Waals surface area contributed by atoms with E-state index < -0.39 is 18.1 Å². The summed E-state index contributed by atoms with van der Waals surface area (Å²) in [4.78, 5) is 19.0. The molecule has 0 radical (unpaired) electrons. The van der Waals surface area contributed by atoms with Crippen molar-refractivity contribution in [3.8, 4) is 5.75 Å². The number of H-pyrrole nitrogens is 1. The standard InChI is InChI=1S/C17H12ClF3N2O3/c1-25-16(24)11-4-5-22-13-8-10(23-15(11)13)6-9-2-3-12(18)14(7-9)26-17(19,20)21/h2-5,7-8,23H,6H2,1H3. The highest BCUT2D eigenvalue weighted by atomic mass is 35.5. The summed E-state index contributed by atoms with van der Waals surface area (Å²) in [5.41, 5.74) is 2.56. The summed E-state index contributed by atoms with van der Waals surface area (Å²) in [6, 6.07) is 7.37. The van der Waals surface area contributed by atoms with Crippen LogP contribution < -0.4 is 4.74 Å². The molecule has 1 aromatic carbocycles. The Bertz CT molecular complexity index is 970. The Labute approximate surface area is 150 Å². The monoisotopic (exact) mass is 384 g/mol. The number of aromatic nitrogens is 2. The molecule has 5 nitrogen and oxygen atoms in total. The molecule has 2 aromatic heterocycles. The van der Waals surface area contributed by atoms with Crippen molar-refractivity contribution in [2.75, 3.05) is 7.11 Å². The van der Waals surface area contributed by atoms with Crippen LogP contribution in [-0.2, 0) is 11.2 Å². The number of nitrogens with zero attached hydrogens (tertiary/aromatic N) is 1. The Morgan fingerprint density at radius 1 is 1.27 bits per heavy atom. The minimum atomic E-state index is -4.83. The van der Waals surface area contributed by atoms with Crippen molar-refractivity contribution >= 4 is 28.6 Å². The number of esters is 1. The lowest BCUT2D eigenvalue weighted by Crippen LogP contribution is -2.17. The van der Waals surface area contributed by atoms with Gasteiger partial charge in [-0.25, -0.2) is 4.79 Å². The molecule has 26 heavy (non-hydrogen) atoms. The molecule has 0 aliphatic heterocycles. The van der Waals surface area contributed by atoms with Gasteiger partial charge in [-0.05, 0) is 29.8 Å². The van der Waals surface area contributed by atoms with E-state index in [2.05, 4.69) is 14.7 Å². The molecule has 3 rings (SSSR count). The van der Waals surface area contributed by atoms with Crippen LogP contribution in [0, 0.1) is 0 Å². The van der Waals surface area contributed by atoms with E-state index in [1.165, 1.54) is 31.5 Å². The second kappa shape index (κ2) is 6.87. The Hall–Kier alpha value is -2.74. The van der Waals surface area contributed by atoms with Gasteiger partial charge in [0, 0.05) is 18.3 Å². The quantitative estimate of drug-likeness (QED) is 0.673. The topological polar surface area (TPSA) is 64.2 Å². The van der Waals surface area contributed by atoms with E-state index >= 15 is 0 Å². The summed E-state index contributed by atoms with van der Waals surface area (Å²) in [6.45, 7) is 0. The second-order valence-electron chi connectivity index (χ2n) is 5.39. The molecule has 0 saturated carbocycles. The summed E-state index contributed by atoms with van der Waals surface area (Å²) in [5.74, 6) is -0.987. The summed E-state index contributed by atoms with van der Waals surface area (Å²) in [6.07, 6.45) is -3.09. The van der Waals surface area contributed by atoms with Crippen LogP contribution >= 0.6 is 11.6 Å². The van der Waals surface area contributed by atoms with Gasteiger partial charge in [-0.2, -0.15) is 0 Å². The molecule has 0 aliphatic carbocycles. The van der Waals surface area contributed by atoms with Crippen LogP contribution in [0.1, 0.15) is 21.6 Å². The lowest BCUT2D eigenvalue weighted by molar-refractivity contribution is -0.274. The molecular formula is C17H12ClF3N2O3. The number of aromatic amines is 1. The largest absolute Gasteiger partial charge is 0.573 e. The minimum Gasteiger partial charge on any atom is -0.465 e. The van der Waals surface area contributed by atoms with E-state index in [0.717, 1.165) is 0 Å². The van der Waals surface area contributed by atoms with Crippen LogP contribution in [-0.4, -0.2) is 29.4 Å². The van der Waals surface area contributed by atoms with Crippen LogP contribution in [0.25, 0.3) is 11.0 Å². The maximum atomic E-state index is 12.4. The third-order valence-electron chi connectivity index (χ3n) is 3.60. The van der Waals surface area contributed by atoms with Crippen LogP contribution in [0.15, 0.2) is 36.5 Å². The van der Waals surface area contributed by atoms with Crippen LogP contribution in [0.2, 0.25) is 5.02 Å². The molecule has 3 aromatic rings. The zero-order valence-corrected chi connectivity index (χ0v) is 14.1. The number of carbonyl (C=O) groups excluding carboxylic acids is 1. The number of hydrogen-bond acceptors (Lipinski definition) is 4. The minimum absolute atomic E-state index is 0.141. The van der Waals surface area contributed by atoms with Crippen molar-refractivity contribution in [3.05, 3.63) is 58.4 Å². The number of rotatable bonds is 4. The molecule has 0 saturated heterocycles. The van der Waals surface area contributed by atoms with Gasteiger partial charge < -0.3 is 14.5 Å². The van der Waals surface area contributed by atoms with Crippen LogP contribution in [0.4, 0.5) is 13.2 Å². The molecule has 136 valence electrons. The second-order valence-corrected chi connectivity index (χ2v) is 5.80. The lowest BCUT2D eigenvalue weighted by Gasteiger charge is -2.11. The average Bonchev–Trinajstić information content (AvgIpc) is 2.98. The van der Waals surface area contributed by atoms with Crippen molar-refractivity contribution in [2.24, 2.45) is 0 Å². The van der Waals surface area contributed by atoms with Crippen molar-refractivity contribution in [3.63, 3.8) is 0 Å². The Kier molecular flexibility index (Phi) is 4.78. The molecule has 1 N–H and O–H groups in total. The van der Waals surface area contributed by atoms with E-state index in [4.69, 9.17) is 16.3 Å². The highest BCUT2D eigenvalue weighted by molar-refractivity contribution is 6.32. The number of benzene rings is 1. The highest BCUT2D eigenvalue weighted by Gasteiger charge is 2.32. The van der Waals surface area contributed by atoms with Crippen LogP contribution in [0.3, 0.4) is 0 Å². The van der Waals surface area contributed by atoms with Gasteiger partial charge in [0.2, 0.25) is 0 Å². The van der Waals surface area contributed by atoms with Crippen molar-refractivity contribution in [2.45, 2.75) is 12.8 Å². The van der Waals surface area contributed by atoms with Crippen molar-refractivity contribution in [1.29, 1.82) is 0 Å². The molecule has 0 unspecified atom stereocenters. The fourth-order valence-electron chi connectivity index (χ4n) is 2.54. The number of carbonyl (C=O) groups is 1. The van der Waals surface area contributed by atoms with Gasteiger partial charge in [-0.3, -0.25) is 4.98 Å². The summed E-state index contributed by atoms with van der Waals surface area (Å²) < 4.78 is 45.9. The number of methoxy groups -OCH3 is 1. The highest BCUT2D eigenvalue weighted by Crippen LogP contribution is 2.31. The van der Waals surface area contributed by atoms with E-state index in [9.17, 15) is 18.0 Å². The van der Waals surface area contributed by atoms with Gasteiger partial charge in [-0.1, -0.05) is 17.7 Å². The predicted molar refractivity (Wildman–Crippen MR) is 88.4 cm³/mol. The first-order chi connectivity index (χ1) is 12.3. The van der Waals surface area contributed by atoms with Crippen molar-refractivity contribution in [1.82, 2.24) is 9.97 Å². The third-order valence-corrected chi connectivity index (χ3v) is 3.91. The Morgan fingerprint density at radius 2 is 2.04 bits per heavy atom. The molecule has 0 spiro atoms. The smallest absolute Gasteiger partial charge is 0.465 e. The number of fused-ring (bicyclic) bond motifs is 1. The zero-order valence-electron chi connectivity index (χ0n) is 13.4. The first-order valence-corrected chi connectivity index (χ1v) is 7.73. The van der Waals surface area contributed by atoms with Gasteiger partial charge in [0.15, 0.2) is 0 Å². The van der Waals surface area contributed by atoms with Gasteiger partial charge >= 0.3 is 12.3 Å². The number of ether oxygens (including phenoxy) is 2. The van der Waals surface area contributed by atoms with Gasteiger partial charge in [0.25, 0.3) is 0 Å². The van der Waals surface area contributed by atoms with Crippen LogP contribution in [0.5, 0.6) is 5.75 Å². The fraction of sp³-hybridized carbons (Fsp3) is 0.176. The number of nitrogens with one attached hydrogen (secondary N) is 1. The lowest BCUT2D eigenvalue weighted by atomic mass is 10.1. The summed E-state index contributed by atoms with van der Waals surface area (Å²) in [7, 11) is 1.27. The fourth-order valence-corrected chi connectivity index (χ4v) is 2.69. The maximum Gasteiger partial charge on any atom is 0.573 e. The molecule has 2 heterocycles. The van der Waals surface area contributed by atoms with E-state index in [1.54, 1.807) is 12.1 Å². The van der Waals surface area contributed by atoms with E-state index in [0.29, 0.717) is 27.9 Å². The SMILES string of the molecule is COC(=O)c1ccnc2cc(Cc3ccc(Cl)c(OC(F)(F)F)c3)[nH]c12. The summed E-state index contributed by atoms with van der Waals surface area (Å²) >= 11 is 5.75. The number of hydrogen-bond donors (Lipinski definition) is 1. The molecular weight excluding hydrogens is 373 g/mol. The Morgan fingerprint density at radius 3 is 2.73 bits per heavy atom. The Balaban J connectivity index is 1.92. The van der Waals surface area contributed by atoms with E-state index in [1.807, 2.05) is 0 Å². The number of pyridine rings is 1. The molecule has 0 aliphatic rings. The summed E-state index contributed by atoms with van der Waals surface area (Å²) in [5, 5.41) is -0.141.